The van der Waals surface area contributed by atoms with Crippen LogP contribution in [0.4, 0.5) is 0 Å². The minimum Gasteiger partial charge on any atom is -0.508 e. The normalized spacial score (nSPS) is 15.5. The summed E-state index contributed by atoms with van der Waals surface area (Å²) in [6.07, 6.45) is 3.17. The number of methoxy groups -OCH3 is 2. The number of hydrogen-bond acceptors (Lipinski definition) is 5. The van der Waals surface area contributed by atoms with Gasteiger partial charge in [-0.2, -0.15) is 0 Å². The highest BCUT2D eigenvalue weighted by atomic mass is 16.5. The molecule has 1 fully saturated rings. The highest BCUT2D eigenvalue weighted by molar-refractivity contribution is 5.79. The Bertz CT molecular complexity index is 848. The zero-order valence-corrected chi connectivity index (χ0v) is 18.7. The van der Waals surface area contributed by atoms with Crippen LogP contribution in [0.3, 0.4) is 0 Å². The maximum atomic E-state index is 10.1. The van der Waals surface area contributed by atoms with Crippen molar-refractivity contribution in [2.24, 2.45) is 4.99 Å². The van der Waals surface area contributed by atoms with Gasteiger partial charge < -0.3 is 25.2 Å². The molecular weight excluding hydrogens is 392 g/mol. The van der Waals surface area contributed by atoms with E-state index in [0.29, 0.717) is 18.7 Å². The van der Waals surface area contributed by atoms with Gasteiger partial charge in [0.25, 0.3) is 0 Å². The van der Waals surface area contributed by atoms with E-state index in [-0.39, 0.29) is 11.8 Å². The molecule has 7 heteroatoms. The first kappa shape index (κ1) is 22.7. The predicted octanol–water partition coefficient (Wildman–Crippen LogP) is 2.95. The molecule has 1 saturated heterocycles. The van der Waals surface area contributed by atoms with E-state index in [4.69, 9.17) is 9.47 Å². The average molecular weight is 427 g/mol. The Balaban J connectivity index is 1.56. The second-order valence-corrected chi connectivity index (χ2v) is 7.66. The first-order valence-electron chi connectivity index (χ1n) is 10.8. The number of guanidine groups is 1. The monoisotopic (exact) mass is 426 g/mol. The second kappa shape index (κ2) is 11.5. The summed E-state index contributed by atoms with van der Waals surface area (Å²) in [5.74, 6) is 2.53. The fourth-order valence-electron chi connectivity index (χ4n) is 3.95. The fraction of sp³-hybridized carbons (Fsp3) is 0.458. The van der Waals surface area contributed by atoms with Gasteiger partial charge in [0.2, 0.25) is 0 Å². The van der Waals surface area contributed by atoms with Crippen LogP contribution in [-0.2, 0) is 6.42 Å². The number of aliphatic imine (C=N–C) groups is 1. The Morgan fingerprint density at radius 3 is 2.32 bits per heavy atom. The second-order valence-electron chi connectivity index (χ2n) is 7.66. The molecule has 1 atom stereocenters. The first-order chi connectivity index (χ1) is 15.1. The molecule has 168 valence electrons. The van der Waals surface area contributed by atoms with Crippen LogP contribution in [0.25, 0.3) is 0 Å². The number of rotatable bonds is 9. The van der Waals surface area contributed by atoms with Gasteiger partial charge in [-0.05, 0) is 61.7 Å². The predicted molar refractivity (Wildman–Crippen MR) is 124 cm³/mol. The third-order valence-electron chi connectivity index (χ3n) is 5.75. The standard InChI is InChI=1S/C24H34N4O3/c1-25-24(26-13-12-19-8-11-21(31-3)16-23(19)29)27-17-22(28-14-4-5-15-28)18-6-9-20(30-2)10-7-18/h6-11,16,22,29H,4-5,12-15,17H2,1-3H3,(H2,25,26,27). The van der Waals surface area contributed by atoms with E-state index in [1.54, 1.807) is 27.3 Å². The number of nitrogens with zero attached hydrogens (tertiary/aromatic N) is 2. The third kappa shape index (κ3) is 6.28. The van der Waals surface area contributed by atoms with E-state index in [1.807, 2.05) is 24.3 Å². The molecule has 3 rings (SSSR count). The summed E-state index contributed by atoms with van der Waals surface area (Å²) in [5, 5.41) is 17.0. The van der Waals surface area contributed by atoms with Crippen molar-refractivity contribution in [3.63, 3.8) is 0 Å². The molecule has 1 unspecified atom stereocenters. The van der Waals surface area contributed by atoms with E-state index in [0.717, 1.165) is 36.9 Å². The summed E-state index contributed by atoms with van der Waals surface area (Å²) >= 11 is 0. The minimum atomic E-state index is 0.248. The lowest BCUT2D eigenvalue weighted by molar-refractivity contribution is 0.245. The van der Waals surface area contributed by atoms with Gasteiger partial charge >= 0.3 is 0 Å². The molecule has 1 heterocycles. The number of likely N-dealkylation sites (tertiary alicyclic amines) is 1. The van der Waals surface area contributed by atoms with Crippen LogP contribution in [0.1, 0.15) is 30.0 Å². The summed E-state index contributed by atoms with van der Waals surface area (Å²) in [7, 11) is 5.06. The van der Waals surface area contributed by atoms with Gasteiger partial charge in [-0.15, -0.1) is 0 Å². The lowest BCUT2D eigenvalue weighted by Crippen LogP contribution is -2.43. The summed E-state index contributed by atoms with van der Waals surface area (Å²) in [6.45, 7) is 3.65. The highest BCUT2D eigenvalue weighted by Crippen LogP contribution is 2.26. The van der Waals surface area contributed by atoms with Gasteiger partial charge in [-0.25, -0.2) is 0 Å². The molecule has 3 N–H and O–H groups in total. The number of benzene rings is 2. The summed E-state index contributed by atoms with van der Waals surface area (Å²) in [5.41, 5.74) is 2.14. The molecule has 1 aliphatic rings. The number of phenolic OH excluding ortho intramolecular Hbond substituents is 1. The molecule has 0 radical (unpaired) electrons. The fourth-order valence-corrected chi connectivity index (χ4v) is 3.95. The zero-order valence-electron chi connectivity index (χ0n) is 18.7. The molecule has 0 aromatic heterocycles. The number of nitrogens with one attached hydrogen (secondary N) is 2. The number of ether oxygens (including phenoxy) is 2. The van der Waals surface area contributed by atoms with Gasteiger partial charge in [-0.3, -0.25) is 9.89 Å². The SMILES string of the molecule is CN=C(NCCc1ccc(OC)cc1O)NCC(c1ccc(OC)cc1)N1CCCC1. The summed E-state index contributed by atoms with van der Waals surface area (Å²) < 4.78 is 10.4. The van der Waals surface area contributed by atoms with Crippen LogP contribution >= 0.6 is 0 Å². The van der Waals surface area contributed by atoms with E-state index >= 15 is 0 Å². The minimum absolute atomic E-state index is 0.248. The maximum Gasteiger partial charge on any atom is 0.191 e. The van der Waals surface area contributed by atoms with Crippen molar-refractivity contribution in [3.8, 4) is 17.2 Å². The molecule has 0 bridgehead atoms. The van der Waals surface area contributed by atoms with Crippen molar-refractivity contribution in [2.45, 2.75) is 25.3 Å². The van der Waals surface area contributed by atoms with Gasteiger partial charge in [0, 0.05) is 26.2 Å². The van der Waals surface area contributed by atoms with Crippen LogP contribution < -0.4 is 20.1 Å². The Kier molecular flexibility index (Phi) is 8.41. The lowest BCUT2D eigenvalue weighted by atomic mass is 10.1. The molecule has 0 aliphatic carbocycles. The Morgan fingerprint density at radius 2 is 1.71 bits per heavy atom. The van der Waals surface area contributed by atoms with Crippen LogP contribution in [-0.4, -0.2) is 63.4 Å². The number of phenols is 1. The third-order valence-corrected chi connectivity index (χ3v) is 5.75. The smallest absolute Gasteiger partial charge is 0.191 e. The van der Waals surface area contributed by atoms with E-state index in [2.05, 4.69) is 32.7 Å². The largest absolute Gasteiger partial charge is 0.508 e. The van der Waals surface area contributed by atoms with Crippen LogP contribution in [0.5, 0.6) is 17.2 Å². The van der Waals surface area contributed by atoms with Crippen LogP contribution in [0.15, 0.2) is 47.5 Å². The molecule has 31 heavy (non-hydrogen) atoms. The van der Waals surface area contributed by atoms with Gasteiger partial charge in [0.05, 0.1) is 20.3 Å². The van der Waals surface area contributed by atoms with Gasteiger partial charge in [0.15, 0.2) is 5.96 Å². The lowest BCUT2D eigenvalue weighted by Gasteiger charge is -2.29. The molecule has 0 spiro atoms. The van der Waals surface area contributed by atoms with Gasteiger partial charge in [0.1, 0.15) is 17.2 Å². The summed E-state index contributed by atoms with van der Waals surface area (Å²) in [6, 6.07) is 14.0. The molecular formula is C24H34N4O3. The van der Waals surface area contributed by atoms with Crippen molar-refractivity contribution >= 4 is 5.96 Å². The quantitative estimate of drug-likeness (QED) is 0.423. The Labute approximate surface area is 185 Å². The van der Waals surface area contributed by atoms with Crippen molar-refractivity contribution in [1.82, 2.24) is 15.5 Å². The maximum absolute atomic E-state index is 10.1. The Hall–Kier alpha value is -2.93. The average Bonchev–Trinajstić information content (AvgIpc) is 3.34. The molecule has 0 saturated carbocycles. The number of hydrogen-bond donors (Lipinski definition) is 3. The highest BCUT2D eigenvalue weighted by Gasteiger charge is 2.23. The number of aromatic hydroxyl groups is 1. The van der Waals surface area contributed by atoms with Crippen molar-refractivity contribution in [3.05, 3.63) is 53.6 Å². The zero-order chi connectivity index (χ0) is 22.1. The molecule has 2 aromatic carbocycles. The van der Waals surface area contributed by atoms with Gasteiger partial charge in [-0.1, -0.05) is 18.2 Å². The van der Waals surface area contributed by atoms with Crippen molar-refractivity contribution in [1.29, 1.82) is 0 Å². The van der Waals surface area contributed by atoms with E-state index in [1.165, 1.54) is 18.4 Å². The molecule has 1 aliphatic heterocycles. The first-order valence-corrected chi connectivity index (χ1v) is 10.8. The topological polar surface area (TPSA) is 78.4 Å². The molecule has 2 aromatic rings. The molecule has 7 nitrogen and oxygen atoms in total. The van der Waals surface area contributed by atoms with Crippen LogP contribution in [0, 0.1) is 0 Å². The van der Waals surface area contributed by atoms with Crippen molar-refractivity contribution in [2.75, 3.05) is 47.4 Å². The van der Waals surface area contributed by atoms with Crippen LogP contribution in [0.2, 0.25) is 0 Å². The van der Waals surface area contributed by atoms with Crippen molar-refractivity contribution < 1.29 is 14.6 Å². The molecule has 0 amide bonds. The van der Waals surface area contributed by atoms with E-state index in [9.17, 15) is 5.11 Å². The Morgan fingerprint density at radius 1 is 1.03 bits per heavy atom. The van der Waals surface area contributed by atoms with E-state index < -0.39 is 0 Å². The summed E-state index contributed by atoms with van der Waals surface area (Å²) in [4.78, 5) is 6.89.